The van der Waals surface area contributed by atoms with Crippen LogP contribution in [0.5, 0.6) is 0 Å². The zero-order valence-corrected chi connectivity index (χ0v) is 14.5. The van der Waals surface area contributed by atoms with Crippen LogP contribution in [0.15, 0.2) is 48.8 Å². The molecule has 1 N–H and O–H groups in total. The predicted octanol–water partition coefficient (Wildman–Crippen LogP) is 3.52. The molecule has 0 fully saturated rings. The smallest absolute Gasteiger partial charge is 0.318 e. The Morgan fingerprint density at radius 3 is 2.75 bits per heavy atom. The number of urea groups is 1. The molecule has 5 nitrogen and oxygen atoms in total. The zero-order valence-electron chi connectivity index (χ0n) is 14.5. The Balaban J connectivity index is 1.98. The van der Waals surface area contributed by atoms with E-state index in [4.69, 9.17) is 4.74 Å². The third-order valence-corrected chi connectivity index (χ3v) is 3.98. The Kier molecular flexibility index (Phi) is 6.75. The standard InChI is InChI=1S/C19H25N3O2/c1-4-22(15(2)18-9-6-10-20-13-18)19(23)21-12-16-7-5-8-17(11-16)14-24-3/h5-11,13,15H,4,12,14H2,1-3H3,(H,21,23). The van der Waals surface area contributed by atoms with Gasteiger partial charge in [-0.15, -0.1) is 0 Å². The maximum absolute atomic E-state index is 12.5. The van der Waals surface area contributed by atoms with Crippen molar-refractivity contribution in [1.29, 1.82) is 0 Å². The monoisotopic (exact) mass is 327 g/mol. The average molecular weight is 327 g/mol. The molecule has 128 valence electrons. The molecule has 0 saturated heterocycles. The lowest BCUT2D eigenvalue weighted by atomic mass is 10.1. The van der Waals surface area contributed by atoms with Crippen molar-refractivity contribution < 1.29 is 9.53 Å². The number of carbonyl (C=O) groups excluding carboxylic acids is 1. The van der Waals surface area contributed by atoms with Gasteiger partial charge in [-0.05, 0) is 36.6 Å². The number of methoxy groups -OCH3 is 1. The molecule has 1 aromatic carbocycles. The van der Waals surface area contributed by atoms with Crippen LogP contribution in [0.2, 0.25) is 0 Å². The van der Waals surface area contributed by atoms with E-state index in [2.05, 4.69) is 10.3 Å². The molecule has 0 spiro atoms. The van der Waals surface area contributed by atoms with Gasteiger partial charge >= 0.3 is 6.03 Å². The Hall–Kier alpha value is -2.40. The molecule has 0 aliphatic rings. The van der Waals surface area contributed by atoms with Gasteiger partial charge in [0.2, 0.25) is 0 Å². The Morgan fingerprint density at radius 2 is 2.08 bits per heavy atom. The number of hydrogen-bond acceptors (Lipinski definition) is 3. The minimum absolute atomic E-state index is 0.0245. The van der Waals surface area contributed by atoms with Crippen LogP contribution in [0.25, 0.3) is 0 Å². The second-order valence-electron chi connectivity index (χ2n) is 5.66. The molecule has 1 atom stereocenters. The van der Waals surface area contributed by atoms with Crippen LogP contribution in [-0.4, -0.2) is 29.6 Å². The summed E-state index contributed by atoms with van der Waals surface area (Å²) in [5, 5.41) is 3.00. The number of nitrogens with zero attached hydrogens (tertiary/aromatic N) is 2. The molecule has 1 heterocycles. The molecule has 2 amide bonds. The SMILES string of the molecule is CCN(C(=O)NCc1cccc(COC)c1)C(C)c1cccnc1. The summed E-state index contributed by atoms with van der Waals surface area (Å²) in [5.74, 6) is 0. The average Bonchev–Trinajstić information content (AvgIpc) is 2.62. The van der Waals surface area contributed by atoms with Crippen molar-refractivity contribution in [2.75, 3.05) is 13.7 Å². The summed E-state index contributed by atoms with van der Waals surface area (Å²) in [6, 6.07) is 11.8. The van der Waals surface area contributed by atoms with Gasteiger partial charge in [0.15, 0.2) is 0 Å². The highest BCUT2D eigenvalue weighted by molar-refractivity contribution is 5.74. The predicted molar refractivity (Wildman–Crippen MR) is 94.4 cm³/mol. The minimum Gasteiger partial charge on any atom is -0.380 e. The van der Waals surface area contributed by atoms with Gasteiger partial charge in [0.25, 0.3) is 0 Å². The number of hydrogen-bond donors (Lipinski definition) is 1. The van der Waals surface area contributed by atoms with Gasteiger partial charge in [0.05, 0.1) is 12.6 Å². The van der Waals surface area contributed by atoms with Gasteiger partial charge in [-0.1, -0.05) is 30.3 Å². The lowest BCUT2D eigenvalue weighted by Crippen LogP contribution is -2.41. The van der Waals surface area contributed by atoms with Gasteiger partial charge in [-0.25, -0.2) is 4.79 Å². The van der Waals surface area contributed by atoms with E-state index in [1.165, 1.54) is 0 Å². The quantitative estimate of drug-likeness (QED) is 0.846. The van der Waals surface area contributed by atoms with E-state index in [1.807, 2.05) is 50.2 Å². The van der Waals surface area contributed by atoms with E-state index >= 15 is 0 Å². The zero-order chi connectivity index (χ0) is 17.4. The third kappa shape index (κ3) is 4.80. The summed E-state index contributed by atoms with van der Waals surface area (Å²) in [4.78, 5) is 18.5. The fourth-order valence-electron chi connectivity index (χ4n) is 2.67. The summed E-state index contributed by atoms with van der Waals surface area (Å²) in [6.45, 7) is 5.68. The fraction of sp³-hybridized carbons (Fsp3) is 0.368. The summed E-state index contributed by atoms with van der Waals surface area (Å²) in [7, 11) is 1.67. The summed E-state index contributed by atoms with van der Waals surface area (Å²) >= 11 is 0. The number of aromatic nitrogens is 1. The van der Waals surface area contributed by atoms with Crippen LogP contribution in [-0.2, 0) is 17.9 Å². The number of amides is 2. The van der Waals surface area contributed by atoms with Crippen LogP contribution in [0, 0.1) is 0 Å². The number of carbonyl (C=O) groups is 1. The largest absolute Gasteiger partial charge is 0.380 e. The van der Waals surface area contributed by atoms with Crippen LogP contribution in [0.3, 0.4) is 0 Å². The Bertz CT molecular complexity index is 646. The summed E-state index contributed by atoms with van der Waals surface area (Å²) in [5.41, 5.74) is 3.18. The highest BCUT2D eigenvalue weighted by atomic mass is 16.5. The molecule has 1 unspecified atom stereocenters. The topological polar surface area (TPSA) is 54.5 Å². The Morgan fingerprint density at radius 1 is 1.29 bits per heavy atom. The molecule has 0 aliphatic carbocycles. The molecule has 5 heteroatoms. The van der Waals surface area contributed by atoms with Crippen molar-refractivity contribution in [3.05, 3.63) is 65.5 Å². The van der Waals surface area contributed by atoms with Crippen LogP contribution >= 0.6 is 0 Å². The van der Waals surface area contributed by atoms with Crippen LogP contribution in [0.4, 0.5) is 4.79 Å². The second-order valence-corrected chi connectivity index (χ2v) is 5.66. The first-order valence-corrected chi connectivity index (χ1v) is 8.16. The normalized spacial score (nSPS) is 11.8. The van der Waals surface area contributed by atoms with Gasteiger partial charge in [-0.3, -0.25) is 4.98 Å². The number of pyridine rings is 1. The number of rotatable bonds is 7. The number of ether oxygens (including phenoxy) is 1. The van der Waals surface area contributed by atoms with Crippen molar-refractivity contribution in [3.8, 4) is 0 Å². The van der Waals surface area contributed by atoms with Crippen molar-refractivity contribution in [3.63, 3.8) is 0 Å². The molecule has 0 radical (unpaired) electrons. The number of benzene rings is 1. The van der Waals surface area contributed by atoms with E-state index in [9.17, 15) is 4.79 Å². The third-order valence-electron chi connectivity index (χ3n) is 3.98. The maximum Gasteiger partial charge on any atom is 0.318 e. The molecule has 1 aromatic heterocycles. The van der Waals surface area contributed by atoms with Gasteiger partial charge < -0.3 is 15.0 Å². The van der Waals surface area contributed by atoms with Crippen LogP contribution < -0.4 is 5.32 Å². The van der Waals surface area contributed by atoms with Gasteiger partial charge in [0, 0.05) is 32.6 Å². The first kappa shape index (κ1) is 17.9. The van der Waals surface area contributed by atoms with E-state index in [-0.39, 0.29) is 12.1 Å². The highest BCUT2D eigenvalue weighted by Gasteiger charge is 2.19. The molecule has 0 bridgehead atoms. The number of nitrogens with one attached hydrogen (secondary N) is 1. The van der Waals surface area contributed by atoms with Gasteiger partial charge in [-0.2, -0.15) is 0 Å². The van der Waals surface area contributed by atoms with E-state index in [0.29, 0.717) is 19.7 Å². The van der Waals surface area contributed by atoms with E-state index < -0.39 is 0 Å². The maximum atomic E-state index is 12.5. The van der Waals surface area contributed by atoms with Crippen molar-refractivity contribution >= 4 is 6.03 Å². The lowest BCUT2D eigenvalue weighted by molar-refractivity contribution is 0.182. The molecular formula is C19H25N3O2. The van der Waals surface area contributed by atoms with Gasteiger partial charge in [0.1, 0.15) is 0 Å². The van der Waals surface area contributed by atoms with Crippen LogP contribution in [0.1, 0.15) is 36.6 Å². The van der Waals surface area contributed by atoms with E-state index in [0.717, 1.165) is 16.7 Å². The first-order valence-electron chi connectivity index (χ1n) is 8.16. The highest BCUT2D eigenvalue weighted by Crippen LogP contribution is 2.19. The molecule has 0 aliphatic heterocycles. The molecule has 2 aromatic rings. The molecule has 24 heavy (non-hydrogen) atoms. The van der Waals surface area contributed by atoms with Crippen molar-refractivity contribution in [2.24, 2.45) is 0 Å². The van der Waals surface area contributed by atoms with E-state index in [1.54, 1.807) is 24.4 Å². The Labute approximate surface area is 143 Å². The van der Waals surface area contributed by atoms with Crippen molar-refractivity contribution in [1.82, 2.24) is 15.2 Å². The summed E-state index contributed by atoms with van der Waals surface area (Å²) in [6.07, 6.45) is 3.54. The van der Waals surface area contributed by atoms with Crippen molar-refractivity contribution in [2.45, 2.75) is 33.0 Å². The molecule has 2 rings (SSSR count). The minimum atomic E-state index is -0.0778. The first-order chi connectivity index (χ1) is 11.7. The summed E-state index contributed by atoms with van der Waals surface area (Å²) < 4.78 is 5.14. The lowest BCUT2D eigenvalue weighted by Gasteiger charge is -2.28. The molecular weight excluding hydrogens is 302 g/mol. The fourth-order valence-corrected chi connectivity index (χ4v) is 2.67. The second kappa shape index (κ2) is 9.03. The molecule has 0 saturated carbocycles.